The Balaban J connectivity index is 3.37. The van der Waals surface area contributed by atoms with Crippen LogP contribution in [0.1, 0.15) is 85.0 Å². The van der Waals surface area contributed by atoms with Crippen LogP contribution >= 0.6 is 0 Å². The highest BCUT2D eigenvalue weighted by atomic mass is 16.5. The zero-order valence-corrected chi connectivity index (χ0v) is 14.3. The molecule has 0 aliphatic carbocycles. The number of unbranched alkanes of at least 4 members (excludes halogenated alkanes) is 6. The van der Waals surface area contributed by atoms with Crippen molar-refractivity contribution in [3.63, 3.8) is 0 Å². The second-order valence-corrected chi connectivity index (χ2v) is 5.65. The van der Waals surface area contributed by atoms with Gasteiger partial charge in [0.2, 0.25) is 0 Å². The molecule has 0 radical (unpaired) electrons. The lowest BCUT2D eigenvalue weighted by atomic mass is 10.1. The second kappa shape index (κ2) is 15.5. The molecule has 4 heteroatoms. The molecule has 0 N–H and O–H groups in total. The Morgan fingerprint density at radius 3 is 2.43 bits per heavy atom. The molecule has 21 heavy (non-hydrogen) atoms. The van der Waals surface area contributed by atoms with E-state index in [-0.39, 0.29) is 12.0 Å². The quantitative estimate of drug-likeness (QED) is 0.248. The zero-order valence-electron chi connectivity index (χ0n) is 14.3. The van der Waals surface area contributed by atoms with Crippen LogP contribution in [-0.2, 0) is 9.53 Å². The van der Waals surface area contributed by atoms with Crippen molar-refractivity contribution in [1.29, 1.82) is 0 Å². The topological polar surface area (TPSA) is 51.0 Å². The van der Waals surface area contributed by atoms with E-state index in [1.165, 1.54) is 32.1 Å². The van der Waals surface area contributed by atoms with Gasteiger partial charge in [-0.1, -0.05) is 45.4 Å². The number of carbonyl (C=O) groups is 1. The van der Waals surface area contributed by atoms with Gasteiger partial charge in [-0.25, -0.2) is 0 Å². The van der Waals surface area contributed by atoms with E-state index in [2.05, 4.69) is 24.1 Å². The summed E-state index contributed by atoms with van der Waals surface area (Å²) in [5, 5.41) is 8.59. The van der Waals surface area contributed by atoms with Crippen LogP contribution < -0.4 is 0 Å². The van der Waals surface area contributed by atoms with E-state index in [0.29, 0.717) is 13.0 Å². The van der Waals surface area contributed by atoms with Crippen molar-refractivity contribution in [2.75, 3.05) is 13.2 Å². The van der Waals surface area contributed by atoms with Crippen LogP contribution in [0.15, 0.2) is 10.2 Å². The van der Waals surface area contributed by atoms with Crippen LogP contribution in [0, 0.1) is 0 Å². The summed E-state index contributed by atoms with van der Waals surface area (Å²) in [4.78, 5) is 11.2. The summed E-state index contributed by atoms with van der Waals surface area (Å²) >= 11 is 0. The summed E-state index contributed by atoms with van der Waals surface area (Å²) in [6.07, 6.45) is 11.2. The van der Waals surface area contributed by atoms with Crippen LogP contribution in [-0.4, -0.2) is 25.2 Å². The average molecular weight is 298 g/mol. The van der Waals surface area contributed by atoms with Gasteiger partial charge in [-0.3, -0.25) is 4.79 Å². The lowest BCUT2D eigenvalue weighted by Crippen LogP contribution is -2.04. The van der Waals surface area contributed by atoms with Crippen molar-refractivity contribution >= 4 is 5.97 Å². The lowest BCUT2D eigenvalue weighted by molar-refractivity contribution is -0.143. The first kappa shape index (κ1) is 20.1. The molecule has 0 spiro atoms. The third-order valence-corrected chi connectivity index (χ3v) is 3.45. The minimum atomic E-state index is -0.0881. The predicted molar refractivity (Wildman–Crippen MR) is 87.7 cm³/mol. The van der Waals surface area contributed by atoms with E-state index in [1.54, 1.807) is 0 Å². The van der Waals surface area contributed by atoms with Gasteiger partial charge in [-0.05, 0) is 33.1 Å². The van der Waals surface area contributed by atoms with Crippen molar-refractivity contribution in [1.82, 2.24) is 0 Å². The van der Waals surface area contributed by atoms with Crippen molar-refractivity contribution in [2.45, 2.75) is 91.0 Å². The van der Waals surface area contributed by atoms with E-state index >= 15 is 0 Å². The van der Waals surface area contributed by atoms with Gasteiger partial charge in [0.15, 0.2) is 0 Å². The van der Waals surface area contributed by atoms with Crippen molar-refractivity contribution in [3.8, 4) is 0 Å². The standard InChI is InChI=1S/C17H34N2O2/c1-4-6-7-8-9-12-15-18-19-16(3)13-10-11-14-17(20)21-5-2/h16H,4-15H2,1-3H3. The molecule has 0 aliphatic heterocycles. The van der Waals surface area contributed by atoms with Crippen LogP contribution in [0.3, 0.4) is 0 Å². The maximum absolute atomic E-state index is 11.2. The summed E-state index contributed by atoms with van der Waals surface area (Å²) in [5.74, 6) is -0.0881. The minimum absolute atomic E-state index is 0.0881. The first-order valence-corrected chi connectivity index (χ1v) is 8.72. The molecule has 0 aromatic heterocycles. The molecule has 0 heterocycles. The second-order valence-electron chi connectivity index (χ2n) is 5.65. The number of hydrogen-bond donors (Lipinski definition) is 0. The summed E-state index contributed by atoms with van der Waals surface area (Å²) in [6.45, 7) is 7.50. The third kappa shape index (κ3) is 15.3. The number of nitrogens with zero attached hydrogens (tertiary/aromatic N) is 2. The number of rotatable bonds is 14. The highest BCUT2D eigenvalue weighted by molar-refractivity contribution is 5.69. The fraction of sp³-hybridized carbons (Fsp3) is 0.941. The van der Waals surface area contributed by atoms with Crippen LogP contribution in [0.4, 0.5) is 0 Å². The van der Waals surface area contributed by atoms with E-state index in [4.69, 9.17) is 4.74 Å². The Labute approximate surface area is 130 Å². The zero-order chi connectivity index (χ0) is 15.8. The summed E-state index contributed by atoms with van der Waals surface area (Å²) in [5.41, 5.74) is 0. The Morgan fingerprint density at radius 2 is 1.71 bits per heavy atom. The maximum atomic E-state index is 11.2. The highest BCUT2D eigenvalue weighted by Crippen LogP contribution is 2.08. The molecule has 0 aliphatic rings. The van der Waals surface area contributed by atoms with E-state index < -0.39 is 0 Å². The minimum Gasteiger partial charge on any atom is -0.466 e. The first-order valence-electron chi connectivity index (χ1n) is 8.72. The Hall–Kier alpha value is -0.930. The molecule has 0 saturated carbocycles. The van der Waals surface area contributed by atoms with E-state index in [1.807, 2.05) is 6.92 Å². The molecular weight excluding hydrogens is 264 g/mol. The fourth-order valence-corrected chi connectivity index (χ4v) is 2.16. The molecule has 0 aromatic rings. The van der Waals surface area contributed by atoms with Crippen LogP contribution in [0.5, 0.6) is 0 Å². The van der Waals surface area contributed by atoms with Crippen LogP contribution in [0.2, 0.25) is 0 Å². The molecule has 0 bridgehead atoms. The summed E-state index contributed by atoms with van der Waals surface area (Å²) in [6, 6.07) is 0.271. The molecule has 1 unspecified atom stereocenters. The SMILES string of the molecule is CCCCCCCCN=NC(C)CCCCC(=O)OCC. The van der Waals surface area contributed by atoms with Gasteiger partial charge in [0.1, 0.15) is 0 Å². The summed E-state index contributed by atoms with van der Waals surface area (Å²) in [7, 11) is 0. The number of carbonyl (C=O) groups excluding carboxylic acids is 1. The lowest BCUT2D eigenvalue weighted by Gasteiger charge is -2.05. The Morgan fingerprint density at radius 1 is 1.00 bits per heavy atom. The van der Waals surface area contributed by atoms with Gasteiger partial charge in [-0.2, -0.15) is 10.2 Å². The molecule has 4 nitrogen and oxygen atoms in total. The number of ether oxygens (including phenoxy) is 1. The van der Waals surface area contributed by atoms with Crippen molar-refractivity contribution in [3.05, 3.63) is 0 Å². The van der Waals surface area contributed by atoms with Gasteiger partial charge < -0.3 is 4.74 Å². The molecule has 0 aromatic carbocycles. The van der Waals surface area contributed by atoms with E-state index in [9.17, 15) is 4.79 Å². The van der Waals surface area contributed by atoms with Gasteiger partial charge in [0, 0.05) is 6.42 Å². The van der Waals surface area contributed by atoms with E-state index in [0.717, 1.165) is 32.2 Å². The summed E-state index contributed by atoms with van der Waals surface area (Å²) < 4.78 is 4.89. The molecule has 0 rings (SSSR count). The highest BCUT2D eigenvalue weighted by Gasteiger charge is 2.03. The average Bonchev–Trinajstić information content (AvgIpc) is 2.47. The number of hydrogen-bond acceptors (Lipinski definition) is 4. The maximum Gasteiger partial charge on any atom is 0.305 e. The smallest absolute Gasteiger partial charge is 0.305 e. The molecule has 0 saturated heterocycles. The molecule has 1 atom stereocenters. The predicted octanol–water partition coefficient (Wildman–Crippen LogP) is 5.31. The van der Waals surface area contributed by atoms with Gasteiger partial charge >= 0.3 is 5.97 Å². The Bertz CT molecular complexity index is 268. The first-order chi connectivity index (χ1) is 10.2. The van der Waals surface area contributed by atoms with Crippen molar-refractivity contribution < 1.29 is 9.53 Å². The van der Waals surface area contributed by atoms with Crippen LogP contribution in [0.25, 0.3) is 0 Å². The number of esters is 1. The fourth-order valence-electron chi connectivity index (χ4n) is 2.16. The van der Waals surface area contributed by atoms with Gasteiger partial charge in [-0.15, -0.1) is 0 Å². The van der Waals surface area contributed by atoms with Gasteiger partial charge in [0.05, 0.1) is 19.2 Å². The molecule has 0 amide bonds. The molecular formula is C17H34N2O2. The largest absolute Gasteiger partial charge is 0.466 e. The number of azo groups is 1. The molecule has 0 fully saturated rings. The molecule has 124 valence electrons. The van der Waals surface area contributed by atoms with Crippen molar-refractivity contribution in [2.24, 2.45) is 10.2 Å². The Kier molecular flexibility index (Phi) is 14.8. The normalized spacial score (nSPS) is 12.7. The van der Waals surface area contributed by atoms with Gasteiger partial charge in [0.25, 0.3) is 0 Å². The third-order valence-electron chi connectivity index (χ3n) is 3.45. The monoisotopic (exact) mass is 298 g/mol.